The molecule has 0 amide bonds. The minimum absolute atomic E-state index is 0.324. The third-order valence-corrected chi connectivity index (χ3v) is 5.96. The van der Waals surface area contributed by atoms with Crippen LogP contribution in [0.2, 0.25) is 0 Å². The molecule has 1 aliphatic carbocycles. The van der Waals surface area contributed by atoms with Crippen LogP contribution in [0.3, 0.4) is 0 Å². The van der Waals surface area contributed by atoms with E-state index in [1.807, 2.05) is 24.3 Å². The number of aryl methyl sites for hydroxylation is 1. The molecule has 1 N–H and O–H groups in total. The molecule has 1 aliphatic rings. The predicted octanol–water partition coefficient (Wildman–Crippen LogP) is 5.69. The Kier molecular flexibility index (Phi) is 6.26. The van der Waals surface area contributed by atoms with E-state index in [1.165, 1.54) is 32.1 Å². The average Bonchev–Trinajstić information content (AvgIpc) is 3.17. The van der Waals surface area contributed by atoms with Gasteiger partial charge in [0.1, 0.15) is 5.82 Å². The monoisotopic (exact) mass is 403 g/mol. The highest BCUT2D eigenvalue weighted by molar-refractivity contribution is 5.95. The first-order valence-electron chi connectivity index (χ1n) is 11.0. The maximum atomic E-state index is 11.5. The van der Waals surface area contributed by atoms with Gasteiger partial charge in [0.15, 0.2) is 5.82 Å². The summed E-state index contributed by atoms with van der Waals surface area (Å²) in [5.41, 5.74) is 3.14. The van der Waals surface area contributed by atoms with Gasteiger partial charge in [0.2, 0.25) is 0 Å². The van der Waals surface area contributed by atoms with Crippen LogP contribution in [0.5, 0.6) is 0 Å². The summed E-state index contributed by atoms with van der Waals surface area (Å²) in [5, 5.41) is 14.3. The van der Waals surface area contributed by atoms with Crippen LogP contribution in [0, 0.1) is 0 Å². The first-order chi connectivity index (χ1) is 14.7. The molecular formula is C25H29N3O2. The number of hydrogen-bond donors (Lipinski definition) is 1. The Morgan fingerprint density at radius 2 is 1.80 bits per heavy atom. The molecule has 0 spiro atoms. The van der Waals surface area contributed by atoms with Gasteiger partial charge in [0.05, 0.1) is 5.56 Å². The molecule has 0 unspecified atom stereocenters. The maximum Gasteiger partial charge on any atom is 0.336 e. The fourth-order valence-corrected chi connectivity index (χ4v) is 4.36. The maximum absolute atomic E-state index is 11.5. The van der Waals surface area contributed by atoms with Crippen molar-refractivity contribution in [3.8, 4) is 11.1 Å². The van der Waals surface area contributed by atoms with Gasteiger partial charge in [-0.1, -0.05) is 68.7 Å². The van der Waals surface area contributed by atoms with Gasteiger partial charge in [0.25, 0.3) is 0 Å². The molecule has 1 saturated carbocycles. The minimum Gasteiger partial charge on any atom is -0.478 e. The molecule has 30 heavy (non-hydrogen) atoms. The van der Waals surface area contributed by atoms with Crippen LogP contribution >= 0.6 is 0 Å². The third kappa shape index (κ3) is 4.45. The molecule has 0 bridgehead atoms. The van der Waals surface area contributed by atoms with Crippen LogP contribution in [-0.4, -0.2) is 25.8 Å². The van der Waals surface area contributed by atoms with E-state index in [0.29, 0.717) is 11.5 Å². The lowest BCUT2D eigenvalue weighted by atomic mass is 9.89. The predicted molar refractivity (Wildman–Crippen MR) is 118 cm³/mol. The van der Waals surface area contributed by atoms with Crippen molar-refractivity contribution < 1.29 is 9.90 Å². The van der Waals surface area contributed by atoms with Gasteiger partial charge in [-0.2, -0.15) is 5.10 Å². The number of carboxylic acids is 1. The van der Waals surface area contributed by atoms with Gasteiger partial charge >= 0.3 is 5.97 Å². The van der Waals surface area contributed by atoms with Crippen molar-refractivity contribution in [2.75, 3.05) is 0 Å². The normalized spacial score (nSPS) is 14.7. The van der Waals surface area contributed by atoms with Gasteiger partial charge in [-0.05, 0) is 42.0 Å². The molecule has 5 heteroatoms. The van der Waals surface area contributed by atoms with E-state index in [1.54, 1.807) is 12.1 Å². The Hall–Kier alpha value is -2.95. The zero-order valence-corrected chi connectivity index (χ0v) is 17.6. The highest BCUT2D eigenvalue weighted by atomic mass is 16.4. The SMILES string of the molecule is CCCn1nc(C2CCCCC2)nc1Cc1ccc(-c2ccccc2C(=O)O)cc1. The zero-order valence-electron chi connectivity index (χ0n) is 17.6. The third-order valence-electron chi connectivity index (χ3n) is 5.96. The van der Waals surface area contributed by atoms with Crippen LogP contribution in [0.15, 0.2) is 48.5 Å². The Labute approximate surface area is 177 Å². The number of nitrogens with zero attached hydrogens (tertiary/aromatic N) is 3. The summed E-state index contributed by atoms with van der Waals surface area (Å²) in [7, 11) is 0. The van der Waals surface area contributed by atoms with Crippen molar-refractivity contribution in [3.63, 3.8) is 0 Å². The van der Waals surface area contributed by atoms with E-state index >= 15 is 0 Å². The van der Waals surface area contributed by atoms with Crippen LogP contribution < -0.4 is 0 Å². The number of carboxylic acid groups (broad SMARTS) is 1. The Balaban J connectivity index is 1.56. The number of aromatic carboxylic acids is 1. The van der Waals surface area contributed by atoms with Gasteiger partial charge in [-0.3, -0.25) is 0 Å². The van der Waals surface area contributed by atoms with E-state index in [0.717, 1.165) is 47.7 Å². The van der Waals surface area contributed by atoms with Crippen molar-refractivity contribution in [2.24, 2.45) is 0 Å². The second-order valence-electron chi connectivity index (χ2n) is 8.17. The number of carbonyl (C=O) groups is 1. The topological polar surface area (TPSA) is 68.0 Å². The molecular weight excluding hydrogens is 374 g/mol. The largest absolute Gasteiger partial charge is 0.478 e. The van der Waals surface area contributed by atoms with Crippen molar-refractivity contribution >= 4 is 5.97 Å². The van der Waals surface area contributed by atoms with E-state index < -0.39 is 5.97 Å². The summed E-state index contributed by atoms with van der Waals surface area (Å²) in [4.78, 5) is 16.5. The Morgan fingerprint density at radius 3 is 2.50 bits per heavy atom. The highest BCUT2D eigenvalue weighted by Gasteiger charge is 2.21. The molecule has 3 aromatic rings. The summed E-state index contributed by atoms with van der Waals surface area (Å²) in [6.07, 6.45) is 8.06. The molecule has 1 heterocycles. The van der Waals surface area contributed by atoms with E-state index in [2.05, 4.69) is 23.7 Å². The van der Waals surface area contributed by atoms with Gasteiger partial charge in [-0.15, -0.1) is 0 Å². The number of hydrogen-bond acceptors (Lipinski definition) is 3. The lowest BCUT2D eigenvalue weighted by Gasteiger charge is -2.18. The molecule has 2 aromatic carbocycles. The molecule has 4 rings (SSSR count). The molecule has 0 atom stereocenters. The summed E-state index contributed by atoms with van der Waals surface area (Å²) in [5.74, 6) is 1.64. The summed E-state index contributed by atoms with van der Waals surface area (Å²) < 4.78 is 2.08. The van der Waals surface area contributed by atoms with Crippen LogP contribution in [0.1, 0.15) is 78.9 Å². The quantitative estimate of drug-likeness (QED) is 0.550. The number of aromatic nitrogens is 3. The van der Waals surface area contributed by atoms with Crippen molar-refractivity contribution in [3.05, 3.63) is 71.3 Å². The van der Waals surface area contributed by atoms with E-state index in [9.17, 15) is 9.90 Å². The molecule has 156 valence electrons. The molecule has 0 saturated heterocycles. The summed E-state index contributed by atoms with van der Waals surface area (Å²) in [6, 6.07) is 15.3. The first-order valence-corrected chi connectivity index (χ1v) is 11.0. The van der Waals surface area contributed by atoms with Crippen molar-refractivity contribution in [1.82, 2.24) is 14.8 Å². The second-order valence-corrected chi connectivity index (χ2v) is 8.17. The van der Waals surface area contributed by atoms with Crippen molar-refractivity contribution in [1.29, 1.82) is 0 Å². The first kappa shape index (κ1) is 20.3. The van der Waals surface area contributed by atoms with Crippen LogP contribution in [-0.2, 0) is 13.0 Å². The number of benzene rings is 2. The van der Waals surface area contributed by atoms with Gasteiger partial charge < -0.3 is 5.11 Å². The van der Waals surface area contributed by atoms with Gasteiger partial charge in [0, 0.05) is 18.9 Å². The van der Waals surface area contributed by atoms with Crippen molar-refractivity contribution in [2.45, 2.75) is 64.3 Å². The fraction of sp³-hybridized carbons (Fsp3) is 0.400. The Bertz CT molecular complexity index is 1000. The Morgan fingerprint density at radius 1 is 1.07 bits per heavy atom. The second kappa shape index (κ2) is 9.24. The van der Waals surface area contributed by atoms with E-state index in [-0.39, 0.29) is 0 Å². The lowest BCUT2D eigenvalue weighted by molar-refractivity contribution is 0.0697. The molecule has 0 radical (unpaired) electrons. The smallest absolute Gasteiger partial charge is 0.336 e. The summed E-state index contributed by atoms with van der Waals surface area (Å²) >= 11 is 0. The number of rotatable bonds is 7. The average molecular weight is 404 g/mol. The standard InChI is InChI=1S/C25H29N3O2/c1-2-16-28-23(26-24(27-28)20-8-4-3-5-9-20)17-18-12-14-19(15-13-18)21-10-6-7-11-22(21)25(29)30/h6-7,10-15,20H,2-5,8-9,16-17H2,1H3,(H,29,30). The zero-order chi connectivity index (χ0) is 20.9. The fourth-order valence-electron chi connectivity index (χ4n) is 4.36. The van der Waals surface area contributed by atoms with Gasteiger partial charge in [-0.25, -0.2) is 14.5 Å². The molecule has 1 aromatic heterocycles. The molecule has 5 nitrogen and oxygen atoms in total. The van der Waals surface area contributed by atoms with Crippen LogP contribution in [0.4, 0.5) is 0 Å². The molecule has 1 fully saturated rings. The molecule has 0 aliphatic heterocycles. The van der Waals surface area contributed by atoms with Crippen LogP contribution in [0.25, 0.3) is 11.1 Å². The summed E-state index contributed by atoms with van der Waals surface area (Å²) in [6.45, 7) is 3.06. The lowest BCUT2D eigenvalue weighted by Crippen LogP contribution is -2.08. The van der Waals surface area contributed by atoms with E-state index in [4.69, 9.17) is 10.1 Å². The minimum atomic E-state index is -0.905. The highest BCUT2D eigenvalue weighted by Crippen LogP contribution is 2.31.